The number of carboxylic acids is 1. The van der Waals surface area contributed by atoms with Crippen LogP contribution < -0.4 is 5.32 Å². The molecule has 3 aromatic carbocycles. The van der Waals surface area contributed by atoms with Crippen molar-refractivity contribution in [3.05, 3.63) is 89.2 Å². The second-order valence-corrected chi connectivity index (χ2v) is 8.29. The smallest absolute Gasteiger partial charge is 0.411 e. The number of benzene rings is 3. The van der Waals surface area contributed by atoms with Crippen LogP contribution in [0.1, 0.15) is 33.8 Å². The van der Waals surface area contributed by atoms with Crippen LogP contribution in [-0.4, -0.2) is 47.2 Å². The molecule has 5 rings (SSSR count). The molecule has 1 heterocycles. The molecule has 0 radical (unpaired) electrons. The topological polar surface area (TPSA) is 95.9 Å². The first-order chi connectivity index (χ1) is 16.4. The molecule has 1 aliphatic carbocycles. The van der Waals surface area contributed by atoms with Gasteiger partial charge in [0.05, 0.1) is 5.56 Å². The second kappa shape index (κ2) is 8.62. The molecule has 2 N–H and O–H groups in total. The van der Waals surface area contributed by atoms with Gasteiger partial charge in [-0.2, -0.15) is 0 Å². The molecule has 1 atom stereocenters. The lowest BCUT2D eigenvalue weighted by Crippen LogP contribution is -2.55. The van der Waals surface area contributed by atoms with E-state index in [0.717, 1.165) is 33.2 Å². The molecule has 1 unspecified atom stereocenters. The number of anilines is 1. The van der Waals surface area contributed by atoms with Crippen molar-refractivity contribution in [2.45, 2.75) is 18.4 Å². The van der Waals surface area contributed by atoms with Gasteiger partial charge >= 0.3 is 12.1 Å². The van der Waals surface area contributed by atoms with E-state index in [9.17, 15) is 18.8 Å². The third kappa shape index (κ3) is 3.77. The van der Waals surface area contributed by atoms with E-state index in [1.165, 1.54) is 12.1 Å². The second-order valence-electron chi connectivity index (χ2n) is 8.29. The number of hydrogen-bond acceptors (Lipinski definition) is 4. The molecular formula is C26H21FN2O5. The van der Waals surface area contributed by atoms with Gasteiger partial charge in [-0.15, -0.1) is 0 Å². The highest BCUT2D eigenvalue weighted by Crippen LogP contribution is 2.44. The Balaban J connectivity index is 1.24. The molecule has 8 heteroatoms. The number of nitrogens with one attached hydrogen (secondary N) is 1. The maximum atomic E-state index is 14.6. The van der Waals surface area contributed by atoms with Crippen molar-refractivity contribution in [3.63, 3.8) is 0 Å². The molecule has 1 aliphatic heterocycles. The molecule has 0 bridgehead atoms. The Morgan fingerprint density at radius 2 is 1.65 bits per heavy atom. The van der Waals surface area contributed by atoms with Gasteiger partial charge in [0.15, 0.2) is 0 Å². The van der Waals surface area contributed by atoms with Crippen LogP contribution in [0.2, 0.25) is 0 Å². The summed E-state index contributed by atoms with van der Waals surface area (Å²) >= 11 is 0. The number of carbonyl (C=O) groups is 3. The summed E-state index contributed by atoms with van der Waals surface area (Å²) in [5.74, 6) is -2.76. The molecule has 2 aliphatic rings. The molecular weight excluding hydrogens is 439 g/mol. The quantitative estimate of drug-likeness (QED) is 0.585. The number of halogens is 1. The van der Waals surface area contributed by atoms with Crippen LogP contribution in [-0.2, 0) is 9.53 Å². The number of hydrogen-bond donors (Lipinski definition) is 2. The van der Waals surface area contributed by atoms with E-state index in [-0.39, 0.29) is 30.3 Å². The summed E-state index contributed by atoms with van der Waals surface area (Å²) in [5, 5.41) is 11.6. The summed E-state index contributed by atoms with van der Waals surface area (Å²) in [4.78, 5) is 37.1. The Bertz CT molecular complexity index is 1260. The third-order valence-electron chi connectivity index (χ3n) is 6.36. The first-order valence-electron chi connectivity index (χ1n) is 10.9. The van der Waals surface area contributed by atoms with Gasteiger partial charge in [-0.3, -0.25) is 10.1 Å². The van der Waals surface area contributed by atoms with Crippen LogP contribution in [0, 0.1) is 5.82 Å². The zero-order valence-corrected chi connectivity index (χ0v) is 18.0. The van der Waals surface area contributed by atoms with Gasteiger partial charge in [-0.1, -0.05) is 48.5 Å². The first kappa shape index (κ1) is 21.6. The molecule has 0 saturated carbocycles. The van der Waals surface area contributed by atoms with Crippen LogP contribution in [0.15, 0.2) is 66.7 Å². The van der Waals surface area contributed by atoms with E-state index < -0.39 is 29.8 Å². The lowest BCUT2D eigenvalue weighted by molar-refractivity contribution is -0.146. The van der Waals surface area contributed by atoms with Gasteiger partial charge in [-0.05, 0) is 46.9 Å². The van der Waals surface area contributed by atoms with E-state index in [4.69, 9.17) is 9.84 Å². The molecule has 0 spiro atoms. The maximum Gasteiger partial charge on any atom is 0.411 e. The molecule has 34 heavy (non-hydrogen) atoms. The van der Waals surface area contributed by atoms with E-state index in [1.807, 2.05) is 48.5 Å². The maximum absolute atomic E-state index is 14.6. The Morgan fingerprint density at radius 1 is 1.00 bits per heavy atom. The lowest BCUT2D eigenvalue weighted by atomic mass is 9.98. The normalized spacial score (nSPS) is 16.3. The predicted octanol–water partition coefficient (Wildman–Crippen LogP) is 4.49. The number of carboxylic acid groups (broad SMARTS) is 1. The van der Waals surface area contributed by atoms with Crippen molar-refractivity contribution in [2.24, 2.45) is 0 Å². The summed E-state index contributed by atoms with van der Waals surface area (Å²) in [6, 6.07) is 18.6. The van der Waals surface area contributed by atoms with Crippen molar-refractivity contribution >= 4 is 23.7 Å². The SMILES string of the molecule is O=C(Nc1ccc(C(=O)N2CCC2C(=O)O)c(F)c1)OCC1c2ccccc2-c2ccccc21. The number of amides is 2. The van der Waals surface area contributed by atoms with Gasteiger partial charge in [0.1, 0.15) is 18.5 Å². The number of carbonyl (C=O) groups excluding carboxylic acids is 2. The molecule has 3 aromatic rings. The molecule has 1 fully saturated rings. The summed E-state index contributed by atoms with van der Waals surface area (Å²) < 4.78 is 20.0. The van der Waals surface area contributed by atoms with Crippen molar-refractivity contribution in [3.8, 4) is 11.1 Å². The van der Waals surface area contributed by atoms with Crippen molar-refractivity contribution in [2.75, 3.05) is 18.5 Å². The minimum atomic E-state index is -1.12. The predicted molar refractivity (Wildman–Crippen MR) is 122 cm³/mol. The molecule has 172 valence electrons. The van der Waals surface area contributed by atoms with Crippen molar-refractivity contribution in [1.82, 2.24) is 4.90 Å². The monoisotopic (exact) mass is 460 g/mol. The fraction of sp³-hybridized carbons (Fsp3) is 0.192. The van der Waals surface area contributed by atoms with Gasteiger partial charge < -0.3 is 14.7 Å². The number of ether oxygens (including phenoxy) is 1. The van der Waals surface area contributed by atoms with Crippen molar-refractivity contribution < 1.29 is 28.6 Å². The highest BCUT2D eigenvalue weighted by Gasteiger charge is 2.38. The Hall–Kier alpha value is -4.20. The fourth-order valence-corrected chi connectivity index (χ4v) is 4.56. The Kier molecular flexibility index (Phi) is 5.49. The average molecular weight is 460 g/mol. The van der Waals surface area contributed by atoms with Gasteiger partial charge in [-0.25, -0.2) is 14.0 Å². The van der Waals surface area contributed by atoms with Crippen molar-refractivity contribution in [1.29, 1.82) is 0 Å². The van der Waals surface area contributed by atoms with E-state index in [1.54, 1.807) is 0 Å². The fourth-order valence-electron chi connectivity index (χ4n) is 4.56. The number of rotatable bonds is 5. The zero-order valence-electron chi connectivity index (χ0n) is 18.0. The Labute approximate surface area is 194 Å². The van der Waals surface area contributed by atoms with E-state index in [0.29, 0.717) is 6.42 Å². The average Bonchev–Trinajstić information content (AvgIpc) is 3.10. The van der Waals surface area contributed by atoms with Gasteiger partial charge in [0.2, 0.25) is 0 Å². The highest BCUT2D eigenvalue weighted by molar-refractivity contribution is 5.98. The number of nitrogens with zero attached hydrogens (tertiary/aromatic N) is 1. The van der Waals surface area contributed by atoms with Crippen LogP contribution in [0.3, 0.4) is 0 Å². The van der Waals surface area contributed by atoms with Crippen LogP contribution in [0.5, 0.6) is 0 Å². The van der Waals surface area contributed by atoms with E-state index >= 15 is 0 Å². The van der Waals surface area contributed by atoms with E-state index in [2.05, 4.69) is 5.32 Å². The zero-order chi connectivity index (χ0) is 23.8. The largest absolute Gasteiger partial charge is 0.480 e. The van der Waals surface area contributed by atoms with Crippen LogP contribution >= 0.6 is 0 Å². The first-order valence-corrected chi connectivity index (χ1v) is 10.9. The lowest BCUT2D eigenvalue weighted by Gasteiger charge is -2.38. The van der Waals surface area contributed by atoms with Gasteiger partial charge in [0.25, 0.3) is 5.91 Å². The summed E-state index contributed by atoms with van der Waals surface area (Å²) in [5.41, 5.74) is 4.27. The van der Waals surface area contributed by atoms with Gasteiger partial charge in [0, 0.05) is 18.2 Å². The number of fused-ring (bicyclic) bond motifs is 3. The molecule has 0 aromatic heterocycles. The van der Waals surface area contributed by atoms with Crippen LogP contribution in [0.4, 0.5) is 14.9 Å². The Morgan fingerprint density at radius 3 is 2.21 bits per heavy atom. The third-order valence-corrected chi connectivity index (χ3v) is 6.36. The number of likely N-dealkylation sites (tertiary alicyclic amines) is 1. The minimum Gasteiger partial charge on any atom is -0.480 e. The summed E-state index contributed by atoms with van der Waals surface area (Å²) in [6.45, 7) is 0.374. The summed E-state index contributed by atoms with van der Waals surface area (Å²) in [7, 11) is 0. The molecule has 1 saturated heterocycles. The standard InChI is InChI=1S/C26H21FN2O5/c27-22-13-15(9-10-20(22)24(30)29-12-11-23(29)25(31)32)28-26(33)34-14-21-18-7-3-1-5-16(18)17-6-2-4-8-19(17)21/h1-10,13,21,23H,11-12,14H2,(H,28,33)(H,31,32). The number of aliphatic carboxylic acids is 1. The minimum absolute atomic E-state index is 0.103. The molecule has 2 amide bonds. The molecule has 7 nitrogen and oxygen atoms in total. The van der Waals surface area contributed by atoms with Crippen LogP contribution in [0.25, 0.3) is 11.1 Å². The highest BCUT2D eigenvalue weighted by atomic mass is 19.1. The summed E-state index contributed by atoms with van der Waals surface area (Å²) in [6.07, 6.45) is -0.404.